The smallest absolute Gasteiger partial charge is 0.347 e. The number of benzene rings is 1. The SMILES string of the molecule is Cc1nc(COc2cccc(C)c2C)c(C(=O)O)s1. The Balaban J connectivity index is 2.19. The van der Waals surface area contributed by atoms with Crippen molar-refractivity contribution in [1.29, 1.82) is 0 Å². The number of aryl methyl sites for hydroxylation is 2. The summed E-state index contributed by atoms with van der Waals surface area (Å²) in [5.74, 6) is -0.188. The van der Waals surface area contributed by atoms with Gasteiger partial charge in [0.15, 0.2) is 0 Å². The van der Waals surface area contributed by atoms with Crippen LogP contribution in [0.25, 0.3) is 0 Å². The number of ether oxygens (including phenoxy) is 1. The van der Waals surface area contributed by atoms with Gasteiger partial charge in [-0.25, -0.2) is 9.78 Å². The van der Waals surface area contributed by atoms with E-state index in [9.17, 15) is 4.79 Å². The first-order valence-corrected chi connectivity index (χ1v) is 6.69. The summed E-state index contributed by atoms with van der Waals surface area (Å²) in [4.78, 5) is 15.5. The minimum absolute atomic E-state index is 0.177. The predicted octanol–water partition coefficient (Wildman–Crippen LogP) is 3.35. The van der Waals surface area contributed by atoms with Crippen LogP contribution in [0.2, 0.25) is 0 Å². The number of carbonyl (C=O) groups is 1. The molecule has 1 aromatic heterocycles. The molecule has 0 bridgehead atoms. The van der Waals surface area contributed by atoms with E-state index in [0.717, 1.165) is 21.9 Å². The minimum Gasteiger partial charge on any atom is -0.487 e. The molecule has 0 spiro atoms. The van der Waals surface area contributed by atoms with Crippen LogP contribution in [-0.4, -0.2) is 16.1 Å². The van der Waals surface area contributed by atoms with E-state index in [2.05, 4.69) is 4.98 Å². The van der Waals surface area contributed by atoms with E-state index >= 15 is 0 Å². The van der Waals surface area contributed by atoms with Crippen molar-refractivity contribution < 1.29 is 14.6 Å². The third-order valence-corrected chi connectivity index (χ3v) is 3.92. The van der Waals surface area contributed by atoms with Crippen LogP contribution in [-0.2, 0) is 6.61 Å². The van der Waals surface area contributed by atoms with Crippen LogP contribution in [0.5, 0.6) is 5.75 Å². The zero-order valence-electron chi connectivity index (χ0n) is 11.1. The van der Waals surface area contributed by atoms with Crippen LogP contribution in [0.1, 0.15) is 31.5 Å². The predicted molar refractivity (Wildman–Crippen MR) is 74.1 cm³/mol. The van der Waals surface area contributed by atoms with E-state index in [4.69, 9.17) is 9.84 Å². The van der Waals surface area contributed by atoms with Crippen molar-refractivity contribution in [2.45, 2.75) is 27.4 Å². The molecule has 0 aliphatic carbocycles. The van der Waals surface area contributed by atoms with Crippen molar-refractivity contribution in [2.24, 2.45) is 0 Å². The summed E-state index contributed by atoms with van der Waals surface area (Å²) in [5.41, 5.74) is 2.69. The molecular weight excluding hydrogens is 262 g/mol. The Morgan fingerprint density at radius 3 is 2.79 bits per heavy atom. The van der Waals surface area contributed by atoms with Crippen molar-refractivity contribution in [2.75, 3.05) is 0 Å². The Bertz CT molecular complexity index is 619. The number of rotatable bonds is 4. The fourth-order valence-corrected chi connectivity index (χ4v) is 2.52. The van der Waals surface area contributed by atoms with Gasteiger partial charge in [0.05, 0.1) is 5.01 Å². The van der Waals surface area contributed by atoms with E-state index in [1.54, 1.807) is 6.92 Å². The highest BCUT2D eigenvalue weighted by Gasteiger charge is 2.16. The lowest BCUT2D eigenvalue weighted by molar-refractivity contribution is 0.0699. The molecule has 0 fully saturated rings. The summed E-state index contributed by atoms with van der Waals surface area (Å²) in [6.07, 6.45) is 0. The molecule has 0 amide bonds. The summed E-state index contributed by atoms with van der Waals surface area (Å²) < 4.78 is 5.69. The fraction of sp³-hybridized carbons (Fsp3) is 0.286. The van der Waals surface area contributed by atoms with Crippen LogP contribution in [0.15, 0.2) is 18.2 Å². The van der Waals surface area contributed by atoms with E-state index in [-0.39, 0.29) is 11.5 Å². The zero-order valence-corrected chi connectivity index (χ0v) is 11.9. The second kappa shape index (κ2) is 5.40. The molecule has 0 aliphatic heterocycles. The molecule has 0 saturated heterocycles. The molecule has 100 valence electrons. The highest BCUT2D eigenvalue weighted by Crippen LogP contribution is 2.24. The van der Waals surface area contributed by atoms with E-state index in [1.807, 2.05) is 32.0 Å². The van der Waals surface area contributed by atoms with Crippen LogP contribution in [0.3, 0.4) is 0 Å². The van der Waals surface area contributed by atoms with Gasteiger partial charge in [0.25, 0.3) is 0 Å². The third-order valence-electron chi connectivity index (χ3n) is 2.92. The summed E-state index contributed by atoms with van der Waals surface area (Å²) in [7, 11) is 0. The molecule has 5 heteroatoms. The number of hydrogen-bond acceptors (Lipinski definition) is 4. The molecular formula is C14H15NO3S. The van der Waals surface area contributed by atoms with Crippen molar-refractivity contribution >= 4 is 17.3 Å². The molecule has 0 radical (unpaired) electrons. The number of carboxylic acids is 1. The number of thiazole rings is 1. The third kappa shape index (κ3) is 2.93. The normalized spacial score (nSPS) is 10.5. The molecule has 0 unspecified atom stereocenters. The summed E-state index contributed by atoms with van der Waals surface area (Å²) in [5, 5.41) is 9.82. The monoisotopic (exact) mass is 277 g/mol. The Kier molecular flexibility index (Phi) is 3.85. The second-order valence-electron chi connectivity index (χ2n) is 4.30. The largest absolute Gasteiger partial charge is 0.487 e. The average Bonchev–Trinajstić information content (AvgIpc) is 2.73. The first kappa shape index (κ1) is 13.5. The van der Waals surface area contributed by atoms with Gasteiger partial charge in [0.2, 0.25) is 0 Å². The molecule has 0 aliphatic rings. The van der Waals surface area contributed by atoms with E-state index in [1.165, 1.54) is 11.3 Å². The zero-order chi connectivity index (χ0) is 14.0. The molecule has 19 heavy (non-hydrogen) atoms. The summed E-state index contributed by atoms with van der Waals surface area (Å²) in [6, 6.07) is 5.81. The maximum atomic E-state index is 11.1. The maximum Gasteiger partial charge on any atom is 0.347 e. The fourth-order valence-electron chi connectivity index (χ4n) is 1.76. The van der Waals surface area contributed by atoms with Crippen LogP contribution >= 0.6 is 11.3 Å². The molecule has 4 nitrogen and oxygen atoms in total. The number of hydrogen-bond donors (Lipinski definition) is 1. The van der Waals surface area contributed by atoms with Gasteiger partial charge in [-0.15, -0.1) is 11.3 Å². The number of aromatic nitrogens is 1. The minimum atomic E-state index is -0.954. The van der Waals surface area contributed by atoms with Crippen LogP contribution in [0, 0.1) is 20.8 Å². The second-order valence-corrected chi connectivity index (χ2v) is 5.50. The number of aromatic carboxylic acids is 1. The Morgan fingerprint density at radius 2 is 2.11 bits per heavy atom. The van der Waals surface area contributed by atoms with Crippen molar-refractivity contribution in [3.05, 3.63) is 44.9 Å². The van der Waals surface area contributed by atoms with Crippen LogP contribution < -0.4 is 4.74 Å². The van der Waals surface area contributed by atoms with Gasteiger partial charge in [-0.1, -0.05) is 12.1 Å². The lowest BCUT2D eigenvalue weighted by Crippen LogP contribution is -2.04. The topological polar surface area (TPSA) is 59.4 Å². The van der Waals surface area contributed by atoms with Crippen molar-refractivity contribution in [1.82, 2.24) is 4.98 Å². The molecule has 2 aromatic rings. The highest BCUT2D eigenvalue weighted by molar-refractivity contribution is 7.13. The van der Waals surface area contributed by atoms with Gasteiger partial charge in [-0.2, -0.15) is 0 Å². The highest BCUT2D eigenvalue weighted by atomic mass is 32.1. The van der Waals surface area contributed by atoms with E-state index < -0.39 is 5.97 Å². The van der Waals surface area contributed by atoms with Crippen molar-refractivity contribution in [3.63, 3.8) is 0 Å². The molecule has 0 saturated carbocycles. The first-order chi connectivity index (χ1) is 8.99. The Hall–Kier alpha value is -1.88. The summed E-state index contributed by atoms with van der Waals surface area (Å²) in [6.45, 7) is 5.96. The van der Waals surface area contributed by atoms with Gasteiger partial charge in [-0.05, 0) is 38.0 Å². The van der Waals surface area contributed by atoms with Crippen LogP contribution in [0.4, 0.5) is 0 Å². The number of nitrogens with zero attached hydrogens (tertiary/aromatic N) is 1. The molecule has 1 heterocycles. The average molecular weight is 277 g/mol. The van der Waals surface area contributed by atoms with E-state index in [0.29, 0.717) is 5.69 Å². The van der Waals surface area contributed by atoms with Gasteiger partial charge in [0.1, 0.15) is 22.9 Å². The molecule has 1 aromatic carbocycles. The lowest BCUT2D eigenvalue weighted by atomic mass is 10.1. The van der Waals surface area contributed by atoms with Gasteiger partial charge in [0, 0.05) is 0 Å². The maximum absolute atomic E-state index is 11.1. The van der Waals surface area contributed by atoms with Gasteiger partial charge < -0.3 is 9.84 Å². The Labute approximate surface area is 115 Å². The molecule has 1 N–H and O–H groups in total. The standard InChI is InChI=1S/C14H15NO3S/c1-8-5-4-6-12(9(8)2)18-7-11-13(14(16)17)19-10(3)15-11/h4-6H,7H2,1-3H3,(H,16,17). The Morgan fingerprint density at radius 1 is 1.37 bits per heavy atom. The van der Waals surface area contributed by atoms with Gasteiger partial charge in [-0.3, -0.25) is 0 Å². The summed E-state index contributed by atoms with van der Waals surface area (Å²) >= 11 is 1.17. The number of carboxylic acid groups (broad SMARTS) is 1. The quantitative estimate of drug-likeness (QED) is 0.931. The lowest BCUT2D eigenvalue weighted by Gasteiger charge is -2.10. The first-order valence-electron chi connectivity index (χ1n) is 5.87. The van der Waals surface area contributed by atoms with Gasteiger partial charge >= 0.3 is 5.97 Å². The molecule has 0 atom stereocenters. The molecule has 2 rings (SSSR count). The van der Waals surface area contributed by atoms with Crippen molar-refractivity contribution in [3.8, 4) is 5.75 Å².